The minimum Gasteiger partial charge on any atom is -0.361 e. The van der Waals surface area contributed by atoms with Crippen LogP contribution in [0.4, 0.5) is 11.5 Å². The number of rotatable bonds is 3. The molecule has 2 unspecified atom stereocenters. The van der Waals surface area contributed by atoms with Crippen molar-refractivity contribution in [2.75, 3.05) is 5.32 Å². The Balaban J connectivity index is 2.28. The lowest BCUT2D eigenvalue weighted by molar-refractivity contribution is -0.384. The van der Waals surface area contributed by atoms with Crippen molar-refractivity contribution in [2.24, 2.45) is 5.92 Å². The monoisotopic (exact) mass is 270 g/mol. The maximum atomic E-state index is 11.0. The van der Waals surface area contributed by atoms with Crippen LogP contribution in [0.1, 0.15) is 32.0 Å². The van der Waals surface area contributed by atoms with Gasteiger partial charge >= 0.3 is 5.69 Å². The van der Waals surface area contributed by atoms with Gasteiger partial charge in [0.1, 0.15) is 5.82 Å². The van der Waals surface area contributed by atoms with Crippen LogP contribution in [0.2, 0.25) is 5.15 Å². The van der Waals surface area contributed by atoms with Gasteiger partial charge in [0, 0.05) is 6.04 Å². The summed E-state index contributed by atoms with van der Waals surface area (Å²) in [6.45, 7) is 3.84. The van der Waals surface area contributed by atoms with Gasteiger partial charge in [0.05, 0.1) is 4.92 Å². The van der Waals surface area contributed by atoms with Gasteiger partial charge in [-0.2, -0.15) is 0 Å². The number of nitrogens with one attached hydrogen (secondary N) is 1. The molecule has 1 aliphatic rings. The van der Waals surface area contributed by atoms with E-state index >= 15 is 0 Å². The van der Waals surface area contributed by atoms with Gasteiger partial charge in [0.25, 0.3) is 0 Å². The molecule has 1 heterocycles. The van der Waals surface area contributed by atoms with E-state index in [4.69, 9.17) is 11.6 Å². The molecule has 1 aromatic heterocycles. The largest absolute Gasteiger partial charge is 0.361 e. The van der Waals surface area contributed by atoms with Crippen molar-refractivity contribution in [3.8, 4) is 0 Å². The molecular weight excluding hydrogens is 256 g/mol. The van der Waals surface area contributed by atoms with E-state index in [9.17, 15) is 10.1 Å². The fourth-order valence-corrected chi connectivity index (χ4v) is 2.61. The number of nitro groups is 1. The lowest BCUT2D eigenvalue weighted by Crippen LogP contribution is -2.18. The molecular formula is C11H15ClN4O2. The number of aryl methyl sites for hydroxylation is 1. The predicted molar refractivity (Wildman–Crippen MR) is 68.9 cm³/mol. The predicted octanol–water partition coefficient (Wildman–Crippen LogP) is 2.95. The van der Waals surface area contributed by atoms with Crippen LogP contribution in [0.3, 0.4) is 0 Å². The Kier molecular flexibility index (Phi) is 3.65. The van der Waals surface area contributed by atoms with Crippen LogP contribution in [0.25, 0.3) is 0 Å². The summed E-state index contributed by atoms with van der Waals surface area (Å²) in [5.74, 6) is 1.30. The molecule has 1 fully saturated rings. The lowest BCUT2D eigenvalue weighted by atomic mass is 10.1. The first-order chi connectivity index (χ1) is 8.47. The number of hydrogen-bond acceptors (Lipinski definition) is 5. The van der Waals surface area contributed by atoms with Crippen molar-refractivity contribution in [3.05, 3.63) is 21.1 Å². The zero-order valence-electron chi connectivity index (χ0n) is 10.3. The normalized spacial score (nSPS) is 23.1. The van der Waals surface area contributed by atoms with Crippen LogP contribution in [0.5, 0.6) is 0 Å². The topological polar surface area (TPSA) is 81.0 Å². The highest BCUT2D eigenvalue weighted by molar-refractivity contribution is 6.31. The van der Waals surface area contributed by atoms with Crippen molar-refractivity contribution in [3.63, 3.8) is 0 Å². The van der Waals surface area contributed by atoms with Gasteiger partial charge in [0.2, 0.25) is 11.0 Å². The van der Waals surface area contributed by atoms with Crippen molar-refractivity contribution in [1.82, 2.24) is 9.97 Å². The second kappa shape index (κ2) is 5.06. The molecule has 1 aromatic rings. The van der Waals surface area contributed by atoms with Crippen LogP contribution in [0.15, 0.2) is 0 Å². The summed E-state index contributed by atoms with van der Waals surface area (Å²) in [6, 6.07) is 0.226. The first-order valence-electron chi connectivity index (χ1n) is 5.92. The highest BCUT2D eigenvalue weighted by Crippen LogP contribution is 2.33. The van der Waals surface area contributed by atoms with Crippen LogP contribution < -0.4 is 5.32 Å². The molecule has 0 spiro atoms. The number of anilines is 1. The number of halogens is 1. The second-order valence-electron chi connectivity index (χ2n) is 4.78. The third-order valence-electron chi connectivity index (χ3n) is 3.17. The standard InChI is InChI=1S/C11H15ClN4O2/c1-6-3-4-8(5-6)15-11-9(16(17)18)10(12)13-7(2)14-11/h6,8H,3-5H2,1-2H3,(H,13,14,15). The maximum Gasteiger partial charge on any atom is 0.348 e. The van der Waals surface area contributed by atoms with E-state index in [2.05, 4.69) is 22.2 Å². The number of hydrogen-bond donors (Lipinski definition) is 1. The second-order valence-corrected chi connectivity index (χ2v) is 5.13. The van der Waals surface area contributed by atoms with Gasteiger partial charge in [0.15, 0.2) is 0 Å². The Labute approximate surface area is 110 Å². The number of nitrogens with zero attached hydrogens (tertiary/aromatic N) is 3. The third-order valence-corrected chi connectivity index (χ3v) is 3.44. The van der Waals surface area contributed by atoms with Crippen LogP contribution in [-0.2, 0) is 0 Å². The molecule has 1 saturated carbocycles. The maximum absolute atomic E-state index is 11.0. The molecule has 1 aliphatic carbocycles. The van der Waals surface area contributed by atoms with Gasteiger partial charge in [-0.1, -0.05) is 18.5 Å². The Morgan fingerprint density at radius 1 is 1.44 bits per heavy atom. The van der Waals surface area contributed by atoms with Crippen molar-refractivity contribution in [2.45, 2.75) is 39.2 Å². The van der Waals surface area contributed by atoms with Crippen molar-refractivity contribution < 1.29 is 4.92 Å². The summed E-state index contributed by atoms with van der Waals surface area (Å²) in [4.78, 5) is 18.4. The highest BCUT2D eigenvalue weighted by Gasteiger charge is 2.27. The Morgan fingerprint density at radius 2 is 2.17 bits per heavy atom. The zero-order chi connectivity index (χ0) is 13.3. The van der Waals surface area contributed by atoms with Crippen LogP contribution >= 0.6 is 11.6 Å². The minimum absolute atomic E-state index is 0.110. The van der Waals surface area contributed by atoms with Gasteiger partial charge < -0.3 is 5.32 Å². The SMILES string of the molecule is Cc1nc(Cl)c([N+](=O)[O-])c(NC2CCC(C)C2)n1. The summed E-state index contributed by atoms with van der Waals surface area (Å²) in [7, 11) is 0. The van der Waals surface area contributed by atoms with Crippen molar-refractivity contribution in [1.29, 1.82) is 0 Å². The molecule has 6 nitrogen and oxygen atoms in total. The van der Waals surface area contributed by atoms with Gasteiger partial charge in [-0.15, -0.1) is 0 Å². The molecule has 98 valence electrons. The molecule has 0 aliphatic heterocycles. The smallest absolute Gasteiger partial charge is 0.348 e. The number of aromatic nitrogens is 2. The van der Waals surface area contributed by atoms with E-state index in [0.717, 1.165) is 19.3 Å². The van der Waals surface area contributed by atoms with E-state index in [1.54, 1.807) is 6.92 Å². The van der Waals surface area contributed by atoms with E-state index in [1.165, 1.54) is 0 Å². The van der Waals surface area contributed by atoms with E-state index in [-0.39, 0.29) is 22.7 Å². The lowest BCUT2D eigenvalue weighted by Gasteiger charge is -2.13. The first kappa shape index (κ1) is 13.0. The van der Waals surface area contributed by atoms with E-state index < -0.39 is 4.92 Å². The molecule has 2 rings (SSSR count). The average molecular weight is 271 g/mol. The average Bonchev–Trinajstić information content (AvgIpc) is 2.62. The molecule has 0 bridgehead atoms. The van der Waals surface area contributed by atoms with Crippen LogP contribution in [0, 0.1) is 23.0 Å². The Morgan fingerprint density at radius 3 is 2.72 bits per heavy atom. The molecule has 0 saturated heterocycles. The molecule has 2 atom stereocenters. The van der Waals surface area contributed by atoms with Gasteiger partial charge in [-0.3, -0.25) is 10.1 Å². The van der Waals surface area contributed by atoms with Crippen LogP contribution in [-0.4, -0.2) is 20.9 Å². The summed E-state index contributed by atoms with van der Waals surface area (Å²) in [5.41, 5.74) is -0.234. The van der Waals surface area contributed by atoms with Gasteiger partial charge in [-0.05, 0) is 32.1 Å². The molecule has 0 radical (unpaired) electrons. The summed E-state index contributed by atoms with van der Waals surface area (Å²) in [5, 5.41) is 14.0. The molecule has 18 heavy (non-hydrogen) atoms. The Bertz CT molecular complexity index is 480. The first-order valence-corrected chi connectivity index (χ1v) is 6.30. The minimum atomic E-state index is -0.539. The molecule has 0 amide bonds. The van der Waals surface area contributed by atoms with E-state index in [1.807, 2.05) is 0 Å². The highest BCUT2D eigenvalue weighted by atomic mass is 35.5. The van der Waals surface area contributed by atoms with Gasteiger partial charge in [-0.25, -0.2) is 9.97 Å². The molecule has 1 N–H and O–H groups in total. The summed E-state index contributed by atoms with van der Waals surface area (Å²) in [6.07, 6.45) is 3.13. The fraction of sp³-hybridized carbons (Fsp3) is 0.636. The Hall–Kier alpha value is -1.43. The molecule has 0 aromatic carbocycles. The third kappa shape index (κ3) is 2.69. The quantitative estimate of drug-likeness (QED) is 0.519. The van der Waals surface area contributed by atoms with Crippen molar-refractivity contribution >= 4 is 23.1 Å². The zero-order valence-corrected chi connectivity index (χ0v) is 11.1. The summed E-state index contributed by atoms with van der Waals surface area (Å²) < 4.78 is 0. The fourth-order valence-electron chi connectivity index (χ4n) is 2.33. The van der Waals surface area contributed by atoms with E-state index in [0.29, 0.717) is 11.7 Å². The molecule has 7 heteroatoms. The summed E-state index contributed by atoms with van der Waals surface area (Å²) >= 11 is 5.81.